The smallest absolute Gasteiger partial charge is 0.247 e. The summed E-state index contributed by atoms with van der Waals surface area (Å²) in [5.74, 6) is -0.355. The molecule has 1 aromatic heterocycles. The van der Waals surface area contributed by atoms with Crippen molar-refractivity contribution in [1.29, 1.82) is 5.26 Å². The average Bonchev–Trinajstić information content (AvgIpc) is 3.37. The molecule has 3 heterocycles. The molecule has 4 atom stereocenters. The number of nitrogens with one attached hydrogen (secondary N) is 1. The number of carbonyl (C=O) groups excluding carboxylic acids is 3. The van der Waals surface area contributed by atoms with Gasteiger partial charge in [-0.1, -0.05) is 44.2 Å². The van der Waals surface area contributed by atoms with E-state index in [2.05, 4.69) is 21.7 Å². The molecule has 3 amide bonds. The lowest BCUT2D eigenvalue weighted by atomic mass is 9.80. The number of carbonyl (C=O) groups is 3. The third kappa shape index (κ3) is 4.44. The summed E-state index contributed by atoms with van der Waals surface area (Å²) in [6, 6.07) is 7.46. The second-order valence-corrected chi connectivity index (χ2v) is 12.2. The number of benzene rings is 1. The molecular formula is C28H35N7O3. The maximum absolute atomic E-state index is 14.2. The molecule has 5 rings (SSSR count). The maximum atomic E-state index is 14.2. The predicted octanol–water partition coefficient (Wildman–Crippen LogP) is 2.99. The van der Waals surface area contributed by atoms with Gasteiger partial charge in [-0.3, -0.25) is 14.4 Å². The standard InChI is InChI=1S/C28H35N7O3/c1-17(35-15-22(31-32-35)18-10-11-18)24(36)33(5)23(13-27(2,3)4)25(37)34-16-28(12-19(34)14-29)20-8-6-7-9-21(20)30-26(28)38/h6-9,15,17-19,23H,10-13,16H2,1-5H3,(H,30,38)/t17-,19-,23-,28-/m0/s1. The summed E-state index contributed by atoms with van der Waals surface area (Å²) in [4.78, 5) is 44.0. The fraction of sp³-hybridized carbons (Fsp3) is 0.571. The van der Waals surface area contributed by atoms with Crippen LogP contribution in [-0.2, 0) is 19.8 Å². The lowest BCUT2D eigenvalue weighted by Gasteiger charge is -2.36. The Kier molecular flexibility index (Phi) is 6.28. The van der Waals surface area contributed by atoms with Gasteiger partial charge in [-0.05, 0) is 43.2 Å². The fourth-order valence-corrected chi connectivity index (χ4v) is 5.75. The number of hydrogen-bond donors (Lipinski definition) is 1. The van der Waals surface area contributed by atoms with Gasteiger partial charge in [0.2, 0.25) is 17.7 Å². The van der Waals surface area contributed by atoms with Crippen molar-refractivity contribution in [2.24, 2.45) is 5.41 Å². The van der Waals surface area contributed by atoms with Gasteiger partial charge in [0.1, 0.15) is 18.1 Å². The lowest BCUT2D eigenvalue weighted by Crippen LogP contribution is -2.53. The van der Waals surface area contributed by atoms with Crippen LogP contribution in [0.2, 0.25) is 0 Å². The number of likely N-dealkylation sites (tertiary alicyclic amines) is 1. The summed E-state index contributed by atoms with van der Waals surface area (Å²) in [5.41, 5.74) is 1.16. The molecule has 38 heavy (non-hydrogen) atoms. The Hall–Kier alpha value is -3.74. The van der Waals surface area contributed by atoms with Crippen LogP contribution in [0.1, 0.15) is 76.6 Å². The number of nitrogens with zero attached hydrogens (tertiary/aromatic N) is 6. The molecule has 2 aromatic rings. The van der Waals surface area contributed by atoms with Crippen LogP contribution in [0, 0.1) is 16.7 Å². The van der Waals surface area contributed by atoms with Gasteiger partial charge >= 0.3 is 0 Å². The maximum Gasteiger partial charge on any atom is 0.247 e. The number of fused-ring (bicyclic) bond motifs is 2. The van der Waals surface area contributed by atoms with Crippen LogP contribution >= 0.6 is 0 Å². The topological polar surface area (TPSA) is 124 Å². The van der Waals surface area contributed by atoms with Gasteiger partial charge in [0.05, 0.1) is 17.2 Å². The van der Waals surface area contributed by atoms with E-state index in [0.717, 1.165) is 24.1 Å². The van der Waals surface area contributed by atoms with Crippen molar-refractivity contribution >= 4 is 23.4 Å². The van der Waals surface area contributed by atoms with Crippen molar-refractivity contribution in [3.63, 3.8) is 0 Å². The SMILES string of the molecule is C[C@@H](C(=O)N(C)[C@@H](CC(C)(C)C)C(=O)N1C[C@]2(C[C@H]1C#N)C(=O)Nc1ccccc12)n1cc(C2CC2)nn1. The van der Waals surface area contributed by atoms with Crippen molar-refractivity contribution < 1.29 is 14.4 Å². The van der Waals surface area contributed by atoms with Gasteiger partial charge in [0.25, 0.3) is 0 Å². The highest BCUT2D eigenvalue weighted by atomic mass is 16.2. The molecule has 1 saturated carbocycles. The first-order chi connectivity index (χ1) is 17.9. The highest BCUT2D eigenvalue weighted by Gasteiger charge is 2.57. The Balaban J connectivity index is 1.42. The van der Waals surface area contributed by atoms with Crippen molar-refractivity contribution in [3.05, 3.63) is 41.7 Å². The van der Waals surface area contributed by atoms with E-state index in [0.29, 0.717) is 18.0 Å². The van der Waals surface area contributed by atoms with Crippen LogP contribution < -0.4 is 5.32 Å². The zero-order chi connectivity index (χ0) is 27.4. The summed E-state index contributed by atoms with van der Waals surface area (Å²) < 4.78 is 1.56. The molecule has 2 aliphatic heterocycles. The first-order valence-electron chi connectivity index (χ1n) is 13.2. The Labute approximate surface area is 223 Å². The Morgan fingerprint density at radius 3 is 2.66 bits per heavy atom. The van der Waals surface area contributed by atoms with Crippen LogP contribution in [0.3, 0.4) is 0 Å². The molecule has 200 valence electrons. The molecule has 1 aromatic carbocycles. The van der Waals surface area contributed by atoms with E-state index in [1.807, 2.05) is 51.2 Å². The van der Waals surface area contributed by atoms with Gasteiger partial charge in [0.15, 0.2) is 0 Å². The Morgan fingerprint density at radius 2 is 2.00 bits per heavy atom. The van der Waals surface area contributed by atoms with Gasteiger partial charge in [-0.15, -0.1) is 5.10 Å². The molecular weight excluding hydrogens is 482 g/mol. The first kappa shape index (κ1) is 25.9. The van der Waals surface area contributed by atoms with Crippen LogP contribution in [0.4, 0.5) is 5.69 Å². The third-order valence-electron chi connectivity index (χ3n) is 8.10. The zero-order valence-electron chi connectivity index (χ0n) is 22.6. The molecule has 0 radical (unpaired) electrons. The quantitative estimate of drug-likeness (QED) is 0.628. The minimum absolute atomic E-state index is 0.0962. The molecule has 10 heteroatoms. The van der Waals surface area contributed by atoms with Crippen molar-refractivity contribution in [3.8, 4) is 6.07 Å². The molecule has 10 nitrogen and oxygen atoms in total. The van der Waals surface area contributed by atoms with E-state index >= 15 is 0 Å². The molecule has 0 unspecified atom stereocenters. The third-order valence-corrected chi connectivity index (χ3v) is 8.10. The number of aromatic nitrogens is 3. The summed E-state index contributed by atoms with van der Waals surface area (Å²) in [5, 5.41) is 21.4. The van der Waals surface area contributed by atoms with E-state index < -0.39 is 23.5 Å². The largest absolute Gasteiger partial charge is 0.332 e. The van der Waals surface area contributed by atoms with Crippen LogP contribution in [0.5, 0.6) is 0 Å². The highest BCUT2D eigenvalue weighted by Crippen LogP contribution is 2.46. The predicted molar refractivity (Wildman–Crippen MR) is 140 cm³/mol. The zero-order valence-corrected chi connectivity index (χ0v) is 22.6. The van der Waals surface area contributed by atoms with Crippen molar-refractivity contribution in [2.45, 2.75) is 82.8 Å². The molecule has 2 fully saturated rings. The van der Waals surface area contributed by atoms with Gasteiger partial charge in [0, 0.05) is 37.8 Å². The van der Waals surface area contributed by atoms with Crippen LogP contribution in [0.25, 0.3) is 0 Å². The minimum Gasteiger partial charge on any atom is -0.332 e. The number of amides is 3. The number of hydrogen-bond acceptors (Lipinski definition) is 6. The molecule has 1 N–H and O–H groups in total. The number of anilines is 1. The van der Waals surface area contributed by atoms with E-state index in [1.54, 1.807) is 18.7 Å². The molecule has 1 saturated heterocycles. The minimum atomic E-state index is -0.977. The number of para-hydroxylation sites is 1. The van der Waals surface area contributed by atoms with Crippen molar-refractivity contribution in [2.75, 3.05) is 18.9 Å². The molecule has 3 aliphatic rings. The number of likely N-dealkylation sites (N-methyl/N-ethyl adjacent to an activating group) is 1. The Bertz CT molecular complexity index is 1320. The number of nitriles is 1. The average molecular weight is 518 g/mol. The van der Waals surface area contributed by atoms with Crippen molar-refractivity contribution in [1.82, 2.24) is 24.8 Å². The fourth-order valence-electron chi connectivity index (χ4n) is 5.75. The monoisotopic (exact) mass is 517 g/mol. The van der Waals surface area contributed by atoms with Gasteiger partial charge < -0.3 is 15.1 Å². The molecule has 1 spiro atoms. The molecule has 0 bridgehead atoms. The second-order valence-electron chi connectivity index (χ2n) is 12.2. The van der Waals surface area contributed by atoms with Gasteiger partial charge in [-0.25, -0.2) is 4.68 Å². The normalized spacial score (nSPS) is 24.1. The van der Waals surface area contributed by atoms with E-state index in [4.69, 9.17) is 0 Å². The Morgan fingerprint density at radius 1 is 1.29 bits per heavy atom. The highest BCUT2D eigenvalue weighted by molar-refractivity contribution is 6.07. The molecule has 1 aliphatic carbocycles. The van der Waals surface area contributed by atoms with Crippen LogP contribution in [-0.4, -0.2) is 68.2 Å². The first-order valence-corrected chi connectivity index (χ1v) is 13.2. The van der Waals surface area contributed by atoms with Gasteiger partial charge in [-0.2, -0.15) is 5.26 Å². The lowest BCUT2D eigenvalue weighted by molar-refractivity contribution is -0.147. The van der Waals surface area contributed by atoms with Crippen LogP contribution in [0.15, 0.2) is 30.5 Å². The summed E-state index contributed by atoms with van der Waals surface area (Å²) >= 11 is 0. The van der Waals surface area contributed by atoms with E-state index in [-0.39, 0.29) is 36.1 Å². The second kappa shape index (κ2) is 9.22. The number of rotatable bonds is 6. The van der Waals surface area contributed by atoms with E-state index in [9.17, 15) is 19.6 Å². The summed E-state index contributed by atoms with van der Waals surface area (Å²) in [6.45, 7) is 7.90. The summed E-state index contributed by atoms with van der Waals surface area (Å²) in [6.07, 6.45) is 4.61. The van der Waals surface area contributed by atoms with E-state index in [1.165, 1.54) is 9.80 Å². The summed E-state index contributed by atoms with van der Waals surface area (Å²) in [7, 11) is 1.64.